The Labute approximate surface area is 114 Å². The Kier molecular flexibility index (Phi) is 2.68. The van der Waals surface area contributed by atoms with Crippen molar-refractivity contribution in [1.29, 1.82) is 0 Å². The molecule has 5 heteroatoms. The molecule has 0 aliphatic heterocycles. The van der Waals surface area contributed by atoms with Crippen LogP contribution in [0.15, 0.2) is 30.3 Å². The van der Waals surface area contributed by atoms with Gasteiger partial charge in [0, 0.05) is 10.6 Å². The molecule has 3 aromatic rings. The van der Waals surface area contributed by atoms with Crippen LogP contribution in [0.25, 0.3) is 22.4 Å². The quantitative estimate of drug-likeness (QED) is 0.662. The minimum Gasteiger partial charge on any atom is -0.397 e. The lowest BCUT2D eigenvalue weighted by Crippen LogP contribution is -1.87. The van der Waals surface area contributed by atoms with E-state index < -0.39 is 0 Å². The molecule has 3 N–H and O–H groups in total. The second-order valence-corrected chi connectivity index (χ2v) is 4.88. The van der Waals surface area contributed by atoms with E-state index in [-0.39, 0.29) is 5.82 Å². The second kappa shape index (κ2) is 4.24. The molecule has 2 aromatic carbocycles. The van der Waals surface area contributed by atoms with Crippen molar-refractivity contribution in [3.05, 3.63) is 46.7 Å². The molecule has 19 heavy (non-hydrogen) atoms. The van der Waals surface area contributed by atoms with Gasteiger partial charge >= 0.3 is 0 Å². The normalized spacial score (nSPS) is 11.1. The summed E-state index contributed by atoms with van der Waals surface area (Å²) in [5.41, 5.74) is 9.21. The molecule has 0 amide bonds. The summed E-state index contributed by atoms with van der Waals surface area (Å²) in [4.78, 5) is 7.57. The van der Waals surface area contributed by atoms with E-state index >= 15 is 0 Å². The maximum Gasteiger partial charge on any atom is 0.138 e. The van der Waals surface area contributed by atoms with Gasteiger partial charge in [0.25, 0.3) is 0 Å². The van der Waals surface area contributed by atoms with Crippen LogP contribution in [0.5, 0.6) is 0 Å². The van der Waals surface area contributed by atoms with Gasteiger partial charge in [-0.2, -0.15) is 0 Å². The van der Waals surface area contributed by atoms with Gasteiger partial charge in [-0.05, 0) is 42.8 Å². The summed E-state index contributed by atoms with van der Waals surface area (Å²) in [6.45, 7) is 1.71. The molecule has 1 aromatic heterocycles. The third kappa shape index (κ3) is 2.04. The molecule has 0 radical (unpaired) electrons. The van der Waals surface area contributed by atoms with Crippen LogP contribution in [-0.4, -0.2) is 9.97 Å². The predicted octanol–water partition coefficient (Wildman–Crippen LogP) is 3.91. The van der Waals surface area contributed by atoms with Crippen molar-refractivity contribution in [3.8, 4) is 11.4 Å². The number of imidazole rings is 1. The number of hydrogen-bond acceptors (Lipinski definition) is 2. The first kappa shape index (κ1) is 12.0. The van der Waals surface area contributed by atoms with Crippen LogP contribution in [0, 0.1) is 12.7 Å². The largest absolute Gasteiger partial charge is 0.397 e. The standard InChI is InChI=1S/C14H11ClFN3/c1-7-4-8(2-3-10(7)16)14-18-12-6-9(15)5-11(17)13(12)19-14/h2-6H,17H2,1H3,(H,18,19). The molecule has 3 nitrogen and oxygen atoms in total. The van der Waals surface area contributed by atoms with Crippen molar-refractivity contribution in [2.45, 2.75) is 6.92 Å². The summed E-state index contributed by atoms with van der Waals surface area (Å²) in [5.74, 6) is 0.412. The number of aromatic nitrogens is 2. The maximum absolute atomic E-state index is 13.3. The zero-order chi connectivity index (χ0) is 13.6. The van der Waals surface area contributed by atoms with E-state index in [0.29, 0.717) is 27.6 Å². The second-order valence-electron chi connectivity index (χ2n) is 4.44. The van der Waals surface area contributed by atoms with Gasteiger partial charge in [0.1, 0.15) is 17.2 Å². The van der Waals surface area contributed by atoms with Gasteiger partial charge in [-0.1, -0.05) is 11.6 Å². The first-order chi connectivity index (χ1) is 9.04. The molecule has 0 saturated carbocycles. The molecule has 0 atom stereocenters. The Morgan fingerprint density at radius 1 is 1.26 bits per heavy atom. The minimum absolute atomic E-state index is 0.234. The highest BCUT2D eigenvalue weighted by molar-refractivity contribution is 6.31. The van der Waals surface area contributed by atoms with Crippen molar-refractivity contribution >= 4 is 28.3 Å². The molecule has 3 rings (SSSR count). The van der Waals surface area contributed by atoms with Crippen molar-refractivity contribution < 1.29 is 4.39 Å². The highest BCUT2D eigenvalue weighted by Crippen LogP contribution is 2.28. The van der Waals surface area contributed by atoms with Gasteiger partial charge in [-0.15, -0.1) is 0 Å². The number of benzene rings is 2. The lowest BCUT2D eigenvalue weighted by atomic mass is 10.1. The Bertz CT molecular complexity index is 780. The lowest BCUT2D eigenvalue weighted by Gasteiger charge is -1.99. The molecular formula is C14H11ClFN3. The number of fused-ring (bicyclic) bond motifs is 1. The number of halogens is 2. The van der Waals surface area contributed by atoms with Crippen LogP contribution in [0.4, 0.5) is 10.1 Å². The monoisotopic (exact) mass is 275 g/mol. The fraction of sp³-hybridized carbons (Fsp3) is 0.0714. The number of nitrogens with two attached hydrogens (primary N) is 1. The zero-order valence-corrected chi connectivity index (χ0v) is 10.9. The summed E-state index contributed by atoms with van der Waals surface area (Å²) in [7, 11) is 0. The van der Waals surface area contributed by atoms with E-state index in [2.05, 4.69) is 9.97 Å². The zero-order valence-electron chi connectivity index (χ0n) is 10.2. The summed E-state index contributed by atoms with van der Waals surface area (Å²) in [5, 5.41) is 0.551. The number of rotatable bonds is 1. The Morgan fingerprint density at radius 2 is 2.05 bits per heavy atom. The third-order valence-corrected chi connectivity index (χ3v) is 3.23. The average molecular weight is 276 g/mol. The van der Waals surface area contributed by atoms with Crippen LogP contribution in [-0.2, 0) is 0 Å². The Morgan fingerprint density at radius 3 is 2.79 bits per heavy atom. The Hall–Kier alpha value is -2.07. The predicted molar refractivity (Wildman–Crippen MR) is 75.6 cm³/mol. The number of aryl methyl sites for hydroxylation is 1. The topological polar surface area (TPSA) is 54.7 Å². The van der Waals surface area contributed by atoms with E-state index in [1.54, 1.807) is 31.2 Å². The highest BCUT2D eigenvalue weighted by Gasteiger charge is 2.10. The molecule has 0 aliphatic rings. The molecule has 96 valence electrons. The van der Waals surface area contributed by atoms with Gasteiger partial charge in [0.15, 0.2) is 0 Å². The van der Waals surface area contributed by atoms with E-state index in [1.165, 1.54) is 6.07 Å². The van der Waals surface area contributed by atoms with Gasteiger partial charge in [0.2, 0.25) is 0 Å². The van der Waals surface area contributed by atoms with E-state index in [0.717, 1.165) is 11.1 Å². The number of H-pyrrole nitrogens is 1. The number of nitrogens with one attached hydrogen (secondary N) is 1. The number of aromatic amines is 1. The maximum atomic E-state index is 13.3. The fourth-order valence-electron chi connectivity index (χ4n) is 2.04. The van der Waals surface area contributed by atoms with E-state index in [4.69, 9.17) is 17.3 Å². The molecule has 0 spiro atoms. The first-order valence-electron chi connectivity index (χ1n) is 5.76. The van der Waals surface area contributed by atoms with Crippen molar-refractivity contribution in [2.24, 2.45) is 0 Å². The van der Waals surface area contributed by atoms with Crippen molar-refractivity contribution in [1.82, 2.24) is 9.97 Å². The number of nitrogens with zero attached hydrogens (tertiary/aromatic N) is 1. The summed E-state index contributed by atoms with van der Waals surface area (Å²) < 4.78 is 13.3. The first-order valence-corrected chi connectivity index (χ1v) is 6.13. The molecular weight excluding hydrogens is 265 g/mol. The van der Waals surface area contributed by atoms with E-state index in [9.17, 15) is 4.39 Å². The molecule has 0 fully saturated rings. The SMILES string of the molecule is Cc1cc(-c2nc3c(N)cc(Cl)cc3[nH]2)ccc1F. The van der Waals surface area contributed by atoms with Gasteiger partial charge in [-0.25, -0.2) is 9.37 Å². The molecule has 1 heterocycles. The molecule has 0 saturated heterocycles. The van der Waals surface area contributed by atoms with Gasteiger partial charge in [0.05, 0.1) is 11.2 Å². The number of anilines is 1. The van der Waals surface area contributed by atoms with E-state index in [1.807, 2.05) is 0 Å². The van der Waals surface area contributed by atoms with Gasteiger partial charge < -0.3 is 10.7 Å². The van der Waals surface area contributed by atoms with Crippen molar-refractivity contribution in [2.75, 3.05) is 5.73 Å². The van der Waals surface area contributed by atoms with Crippen LogP contribution in [0.3, 0.4) is 0 Å². The van der Waals surface area contributed by atoms with Crippen molar-refractivity contribution in [3.63, 3.8) is 0 Å². The summed E-state index contributed by atoms with van der Waals surface area (Å²) in [6, 6.07) is 8.27. The molecule has 0 aliphatic carbocycles. The van der Waals surface area contributed by atoms with Crippen LogP contribution >= 0.6 is 11.6 Å². The highest BCUT2D eigenvalue weighted by atomic mass is 35.5. The fourth-order valence-corrected chi connectivity index (χ4v) is 2.26. The molecule has 0 bridgehead atoms. The van der Waals surface area contributed by atoms with Gasteiger partial charge in [-0.3, -0.25) is 0 Å². The number of hydrogen-bond donors (Lipinski definition) is 2. The Balaban J connectivity index is 2.20. The van der Waals surface area contributed by atoms with Crippen LogP contribution in [0.1, 0.15) is 5.56 Å². The van der Waals surface area contributed by atoms with Crippen LogP contribution < -0.4 is 5.73 Å². The molecule has 0 unspecified atom stereocenters. The summed E-state index contributed by atoms with van der Waals surface area (Å²) >= 11 is 5.95. The summed E-state index contributed by atoms with van der Waals surface area (Å²) in [6.07, 6.45) is 0. The lowest BCUT2D eigenvalue weighted by molar-refractivity contribution is 0.618. The average Bonchev–Trinajstić information content (AvgIpc) is 2.76. The smallest absolute Gasteiger partial charge is 0.138 e. The van der Waals surface area contributed by atoms with Crippen LogP contribution in [0.2, 0.25) is 5.02 Å². The minimum atomic E-state index is -0.234. The number of nitrogen functional groups attached to an aromatic ring is 1. The third-order valence-electron chi connectivity index (χ3n) is 3.01.